The van der Waals surface area contributed by atoms with Crippen LogP contribution in [0, 0.1) is 93.2 Å². The molecular weight excluding hydrogens is 1320 g/mol. The molecule has 0 aromatic carbocycles. The van der Waals surface area contributed by atoms with E-state index in [9.17, 15) is 28.8 Å². The van der Waals surface area contributed by atoms with Crippen LogP contribution in [0.1, 0.15) is 255 Å². The molecule has 7 saturated carbocycles. The molecular formula is C73H122N6O10Pt. The molecule has 9 rings (SSSR count). The zero-order valence-corrected chi connectivity index (χ0v) is 59.3. The standard InChI is InChI=1S/C34H56N2O5.C33H54N2O5.C6H12N2.Pt/c1-22(2)7-6-8-23(3)27-11-12-28-26-10-9-24-21-25(15-17-33(24,4)29(26)16-18-34(27,28)5)41-32(40)36-20-19-35-30(37)13-14-31(38)39;1-21(2)6-5-7-22(3)25-10-11-27-26(25)12-13-29-28(27)9-8-23-20-24(16-17-33(23,29)4)40-32(39)35-19-18-34-30(36)14-15-31(37)38;7-5-3-1-2-4-6(5)8;/h9,22-23,25-29H,6-8,10-21H2,1-5H3,(H,35,37)(H,36,40)(H,38,39);8,21-22,24-29H,5-7,9-20H2,1-4H3,(H,34,36)(H,35,39)(H,37,38);5-8H,1-4H2;/q;;-2;+2/t23-,25+,26?,27-,28?,29?,33+,34-;22-,24+,25-,26?,27?,28?,29?,33+;;/m10../s1. The van der Waals surface area contributed by atoms with Crippen molar-refractivity contribution in [2.75, 3.05) is 26.2 Å². The van der Waals surface area contributed by atoms with E-state index in [2.05, 4.69) is 95.7 Å². The van der Waals surface area contributed by atoms with Crippen molar-refractivity contribution in [3.63, 3.8) is 0 Å². The Labute approximate surface area is 557 Å². The molecule has 0 heterocycles. The summed E-state index contributed by atoms with van der Waals surface area (Å²) in [6.07, 6.45) is 35.2. The van der Waals surface area contributed by atoms with E-state index in [1.807, 2.05) is 0 Å². The van der Waals surface area contributed by atoms with E-state index in [0.29, 0.717) is 5.41 Å². The minimum Gasteiger partial charge on any atom is -0.676 e. The number of carboxylic acid groups (broad SMARTS) is 2. The van der Waals surface area contributed by atoms with Crippen molar-refractivity contribution < 1.29 is 69.5 Å². The number of hydrogen-bond donors (Lipinski definition) is 6. The summed E-state index contributed by atoms with van der Waals surface area (Å²) in [5.74, 6) is 8.27. The van der Waals surface area contributed by atoms with Gasteiger partial charge >= 0.3 is 45.2 Å². The van der Waals surface area contributed by atoms with Crippen LogP contribution >= 0.6 is 0 Å². The van der Waals surface area contributed by atoms with Crippen molar-refractivity contribution in [3.05, 3.63) is 34.8 Å². The van der Waals surface area contributed by atoms with Crippen LogP contribution in [0.25, 0.3) is 11.5 Å². The van der Waals surface area contributed by atoms with Crippen LogP contribution in [-0.4, -0.2) is 96.6 Å². The summed E-state index contributed by atoms with van der Waals surface area (Å²) in [4.78, 5) is 69.2. The molecule has 0 radical (unpaired) electrons. The quantitative estimate of drug-likeness (QED) is 0.0393. The van der Waals surface area contributed by atoms with Crippen LogP contribution < -0.4 is 21.3 Å². The number of nitrogens with one attached hydrogen (secondary N) is 6. The number of carbonyl (C=O) groups is 6. The first kappa shape index (κ1) is 75.5. The van der Waals surface area contributed by atoms with Crippen molar-refractivity contribution in [2.45, 2.75) is 279 Å². The fourth-order valence-corrected chi connectivity index (χ4v) is 19.8. The van der Waals surface area contributed by atoms with Crippen molar-refractivity contribution in [2.24, 2.45) is 93.2 Å². The minimum absolute atomic E-state index is 0. The second-order valence-electron chi connectivity index (χ2n) is 31.3. The second-order valence-corrected chi connectivity index (χ2v) is 31.3. The number of alkyl carbamates (subject to hydrolysis) is 2. The third-order valence-electron chi connectivity index (χ3n) is 24.7. The summed E-state index contributed by atoms with van der Waals surface area (Å²) in [6, 6.07) is -0.160. The third-order valence-corrected chi connectivity index (χ3v) is 24.7. The SMILES string of the molecule is CC(C)CCC[C@@H](C)[C@H]1CCC2C3CC=C4C[C@@H](OC(=O)NCCNC(=O)CCC(=O)O)CC[C@]4(C)C3CC[C@@]21C.CC(C)CCC[C@H](C)[C@@H]1CCC2C3CC=C4C[C@H](OC(=O)NCCNC(=O)CCC(=O)O)CC[C@@]4(C)C3CCC21.[NH-]C1CCCCC1[NH-].[Pt+2]. The molecule has 9 aliphatic carbocycles. The molecule has 7 fully saturated rings. The monoisotopic (exact) mass is 1440 g/mol. The van der Waals surface area contributed by atoms with Crippen LogP contribution in [0.5, 0.6) is 0 Å². The maximum absolute atomic E-state index is 12.4. The summed E-state index contributed by atoms with van der Waals surface area (Å²) in [5.41, 5.74) is 18.6. The normalized spacial score (nSPS) is 34.4. The summed E-state index contributed by atoms with van der Waals surface area (Å²) in [6.45, 7) is 23.1. The van der Waals surface area contributed by atoms with Gasteiger partial charge in [0.05, 0.1) is 12.8 Å². The third kappa shape index (κ3) is 20.3. The fraction of sp³-hybridized carbons (Fsp3) is 0.863. The molecule has 9 aliphatic rings. The topological polar surface area (TPSA) is 257 Å². The smallest absolute Gasteiger partial charge is 0.676 e. The van der Waals surface area contributed by atoms with Crippen molar-refractivity contribution in [1.82, 2.24) is 21.3 Å². The summed E-state index contributed by atoms with van der Waals surface area (Å²) >= 11 is 0. The van der Waals surface area contributed by atoms with Gasteiger partial charge in [-0.15, -0.1) is 0 Å². The number of fused-ring (bicyclic) bond motifs is 10. The molecule has 9 unspecified atom stereocenters. The Morgan fingerprint density at radius 3 is 1.46 bits per heavy atom. The van der Waals surface area contributed by atoms with Crippen molar-refractivity contribution >= 4 is 35.9 Å². The van der Waals surface area contributed by atoms with E-state index in [1.54, 1.807) is 0 Å². The maximum atomic E-state index is 12.4. The average molecular weight is 1440 g/mol. The van der Waals surface area contributed by atoms with Gasteiger partial charge in [-0.05, 0) is 183 Å². The van der Waals surface area contributed by atoms with E-state index in [0.717, 1.165) is 128 Å². The van der Waals surface area contributed by atoms with Gasteiger partial charge < -0.3 is 52.4 Å². The van der Waals surface area contributed by atoms with E-state index in [-0.39, 0.29) is 120 Å². The van der Waals surface area contributed by atoms with E-state index in [4.69, 9.17) is 31.2 Å². The number of ether oxygens (including phenoxy) is 2. The minimum atomic E-state index is -0.999. The Hall–Kier alpha value is -3.49. The van der Waals surface area contributed by atoms with E-state index < -0.39 is 24.1 Å². The Balaban J connectivity index is 0.000000252. The first-order valence-corrected chi connectivity index (χ1v) is 36.0. The Kier molecular flexibility index (Phi) is 29.6. The van der Waals surface area contributed by atoms with Gasteiger partial charge in [0.25, 0.3) is 0 Å². The number of rotatable bonds is 24. The number of aliphatic carboxylic acids is 2. The molecule has 514 valence electrons. The Bertz CT molecular complexity index is 2390. The van der Waals surface area contributed by atoms with Gasteiger partial charge in [0.15, 0.2) is 0 Å². The van der Waals surface area contributed by atoms with E-state index in [1.165, 1.54) is 127 Å². The van der Waals surface area contributed by atoms with Crippen LogP contribution in [-0.2, 0) is 49.7 Å². The Morgan fingerprint density at radius 1 is 0.511 bits per heavy atom. The number of carbonyl (C=O) groups excluding carboxylic acids is 4. The van der Waals surface area contributed by atoms with Crippen LogP contribution in [0.2, 0.25) is 0 Å². The zero-order valence-electron chi connectivity index (χ0n) is 57.0. The Morgan fingerprint density at radius 2 is 0.967 bits per heavy atom. The summed E-state index contributed by atoms with van der Waals surface area (Å²) in [7, 11) is 0. The van der Waals surface area contributed by atoms with Gasteiger partial charge in [0, 0.05) is 51.9 Å². The van der Waals surface area contributed by atoms with Gasteiger partial charge in [0.1, 0.15) is 12.2 Å². The molecule has 16 nitrogen and oxygen atoms in total. The van der Waals surface area contributed by atoms with Gasteiger partial charge in [-0.25, -0.2) is 9.59 Å². The average Bonchev–Trinajstić information content (AvgIpc) is 1.37. The van der Waals surface area contributed by atoms with Crippen molar-refractivity contribution in [3.8, 4) is 0 Å². The van der Waals surface area contributed by atoms with Gasteiger partial charge in [-0.1, -0.05) is 150 Å². The van der Waals surface area contributed by atoms with Gasteiger partial charge in [-0.2, -0.15) is 12.1 Å². The van der Waals surface area contributed by atoms with Crippen LogP contribution in [0.3, 0.4) is 0 Å². The molecule has 0 aliphatic heterocycles. The van der Waals surface area contributed by atoms with Crippen molar-refractivity contribution in [1.29, 1.82) is 0 Å². The number of carboxylic acids is 2. The maximum Gasteiger partial charge on any atom is 2.00 e. The second kappa shape index (κ2) is 35.3. The molecule has 0 saturated heterocycles. The molecule has 18 atom stereocenters. The number of hydrogen-bond acceptors (Lipinski definition) is 8. The summed E-state index contributed by atoms with van der Waals surface area (Å²) in [5, 5.41) is 28.0. The largest absolute Gasteiger partial charge is 2.00 e. The zero-order chi connectivity index (χ0) is 64.6. The number of allylic oxidation sites excluding steroid dienone is 2. The first-order valence-electron chi connectivity index (χ1n) is 36.0. The molecule has 0 spiro atoms. The molecule has 8 N–H and O–H groups in total. The molecule has 0 bridgehead atoms. The first-order chi connectivity index (χ1) is 42.3. The molecule has 4 amide bonds. The number of amides is 4. The molecule has 0 aromatic rings. The molecule has 90 heavy (non-hydrogen) atoms. The molecule has 0 aromatic heterocycles. The van der Waals surface area contributed by atoms with E-state index >= 15 is 0 Å². The van der Waals surface area contributed by atoms with Gasteiger partial charge in [-0.3, -0.25) is 19.2 Å². The van der Waals surface area contributed by atoms with Crippen LogP contribution in [0.15, 0.2) is 23.3 Å². The predicted molar refractivity (Wildman–Crippen MR) is 352 cm³/mol. The fourth-order valence-electron chi connectivity index (χ4n) is 19.8. The summed E-state index contributed by atoms with van der Waals surface area (Å²) < 4.78 is 11.6. The van der Waals surface area contributed by atoms with Crippen LogP contribution in [0.4, 0.5) is 9.59 Å². The predicted octanol–water partition coefficient (Wildman–Crippen LogP) is 16.2. The molecule has 17 heteroatoms. The van der Waals surface area contributed by atoms with Gasteiger partial charge in [0.2, 0.25) is 11.8 Å².